The average molecular weight is 301 g/mol. The van der Waals surface area contributed by atoms with E-state index in [2.05, 4.69) is 6.92 Å². The number of carbonyl (C=O) groups is 1. The van der Waals surface area contributed by atoms with E-state index in [9.17, 15) is 4.79 Å². The summed E-state index contributed by atoms with van der Waals surface area (Å²) >= 11 is 11.9. The molecule has 0 saturated carbocycles. The highest BCUT2D eigenvalue weighted by molar-refractivity contribution is 6.35. The molecule has 0 unspecified atom stereocenters. The first-order chi connectivity index (χ1) is 9.15. The number of unbranched alkanes of at least 4 members (excludes halogenated alkanes) is 6. The first-order valence-electron chi connectivity index (χ1n) is 7.13. The smallest absolute Gasteiger partial charge is 0.164 e. The van der Waals surface area contributed by atoms with E-state index in [1.165, 1.54) is 32.1 Å². The third kappa shape index (κ3) is 6.44. The van der Waals surface area contributed by atoms with Crippen molar-refractivity contribution in [2.75, 3.05) is 0 Å². The summed E-state index contributed by atoms with van der Waals surface area (Å²) in [6.45, 7) is 2.22. The van der Waals surface area contributed by atoms with Crippen LogP contribution in [0.3, 0.4) is 0 Å². The maximum atomic E-state index is 12.0. The lowest BCUT2D eigenvalue weighted by atomic mass is 10.0. The summed E-state index contributed by atoms with van der Waals surface area (Å²) in [4.78, 5) is 12.0. The van der Waals surface area contributed by atoms with Crippen LogP contribution in [0.4, 0.5) is 0 Å². The van der Waals surface area contributed by atoms with Gasteiger partial charge in [-0.2, -0.15) is 0 Å². The van der Waals surface area contributed by atoms with Crippen LogP contribution in [0.15, 0.2) is 18.2 Å². The normalized spacial score (nSPS) is 10.7. The highest BCUT2D eigenvalue weighted by atomic mass is 35.5. The highest BCUT2D eigenvalue weighted by Gasteiger charge is 2.10. The van der Waals surface area contributed by atoms with Gasteiger partial charge in [-0.25, -0.2) is 0 Å². The monoisotopic (exact) mass is 300 g/mol. The van der Waals surface area contributed by atoms with Crippen LogP contribution in [-0.2, 0) is 0 Å². The van der Waals surface area contributed by atoms with Gasteiger partial charge in [0.15, 0.2) is 5.78 Å². The quantitative estimate of drug-likeness (QED) is 0.385. The van der Waals surface area contributed by atoms with E-state index in [0.717, 1.165) is 12.8 Å². The van der Waals surface area contributed by atoms with Gasteiger partial charge in [-0.1, -0.05) is 68.7 Å². The van der Waals surface area contributed by atoms with Crippen LogP contribution in [0.2, 0.25) is 10.0 Å². The summed E-state index contributed by atoms with van der Waals surface area (Å²) in [5.74, 6) is 0.0982. The molecule has 1 aromatic carbocycles. The van der Waals surface area contributed by atoms with Crippen LogP contribution in [0.25, 0.3) is 0 Å². The molecule has 0 aliphatic rings. The first kappa shape index (κ1) is 16.5. The fraction of sp³-hybridized carbons (Fsp3) is 0.562. The Morgan fingerprint density at radius 1 is 1.00 bits per heavy atom. The molecule has 19 heavy (non-hydrogen) atoms. The lowest BCUT2D eigenvalue weighted by molar-refractivity contribution is 0.0979. The molecule has 0 bridgehead atoms. The van der Waals surface area contributed by atoms with Crippen LogP contribution in [0.5, 0.6) is 0 Å². The summed E-state index contributed by atoms with van der Waals surface area (Å²) < 4.78 is 0. The van der Waals surface area contributed by atoms with Crippen molar-refractivity contribution in [1.82, 2.24) is 0 Å². The molecule has 0 aromatic heterocycles. The van der Waals surface area contributed by atoms with Crippen LogP contribution in [0, 0.1) is 0 Å². The van der Waals surface area contributed by atoms with Crippen molar-refractivity contribution in [1.29, 1.82) is 0 Å². The Morgan fingerprint density at radius 2 is 1.63 bits per heavy atom. The highest BCUT2D eigenvalue weighted by Crippen LogP contribution is 2.22. The van der Waals surface area contributed by atoms with Gasteiger partial charge in [0.05, 0.1) is 5.02 Å². The van der Waals surface area contributed by atoms with Gasteiger partial charge in [-0.3, -0.25) is 4.79 Å². The van der Waals surface area contributed by atoms with Crippen molar-refractivity contribution in [2.24, 2.45) is 0 Å². The number of halogens is 2. The number of Topliss-reactive ketones (excluding diaryl/α,β-unsaturated/α-hetero) is 1. The van der Waals surface area contributed by atoms with Crippen molar-refractivity contribution in [3.05, 3.63) is 33.8 Å². The molecule has 0 aliphatic carbocycles. The molecule has 0 fully saturated rings. The zero-order chi connectivity index (χ0) is 14.1. The molecule has 3 heteroatoms. The molecular weight excluding hydrogens is 279 g/mol. The molecule has 0 radical (unpaired) electrons. The van der Waals surface area contributed by atoms with E-state index in [4.69, 9.17) is 23.2 Å². The molecule has 0 aliphatic heterocycles. The van der Waals surface area contributed by atoms with Crippen LogP contribution in [0.1, 0.15) is 68.6 Å². The Labute approximate surface area is 126 Å². The third-order valence-electron chi connectivity index (χ3n) is 3.24. The Hall–Kier alpha value is -0.530. The molecule has 1 rings (SSSR count). The molecule has 106 valence electrons. The number of carbonyl (C=O) groups excluding carboxylic acids is 1. The van der Waals surface area contributed by atoms with Gasteiger partial charge >= 0.3 is 0 Å². The second-order valence-electron chi connectivity index (χ2n) is 4.92. The number of rotatable bonds is 9. The molecule has 1 aromatic rings. The van der Waals surface area contributed by atoms with Crippen LogP contribution >= 0.6 is 23.2 Å². The molecule has 0 atom stereocenters. The van der Waals surface area contributed by atoms with E-state index < -0.39 is 0 Å². The molecular formula is C16H22Cl2O. The van der Waals surface area contributed by atoms with Gasteiger partial charge in [-0.15, -0.1) is 0 Å². The predicted molar refractivity (Wildman–Crippen MR) is 83.4 cm³/mol. The zero-order valence-electron chi connectivity index (χ0n) is 11.6. The minimum absolute atomic E-state index is 0.0982. The maximum Gasteiger partial charge on any atom is 0.164 e. The maximum absolute atomic E-state index is 12.0. The molecule has 1 nitrogen and oxygen atoms in total. The first-order valence-corrected chi connectivity index (χ1v) is 7.89. The summed E-state index contributed by atoms with van der Waals surface area (Å²) in [5, 5.41) is 1.06. The number of benzene rings is 1. The fourth-order valence-corrected chi connectivity index (χ4v) is 2.48. The second-order valence-corrected chi connectivity index (χ2v) is 5.76. The Bertz CT molecular complexity index is 402. The third-order valence-corrected chi connectivity index (χ3v) is 3.80. The summed E-state index contributed by atoms with van der Waals surface area (Å²) in [7, 11) is 0. The van der Waals surface area contributed by atoms with Crippen molar-refractivity contribution in [3.8, 4) is 0 Å². The van der Waals surface area contributed by atoms with Gasteiger partial charge in [0, 0.05) is 17.0 Å². The fourth-order valence-electron chi connectivity index (χ4n) is 2.09. The summed E-state index contributed by atoms with van der Waals surface area (Å²) in [6, 6.07) is 5.05. The second kappa shape index (κ2) is 9.39. The number of hydrogen-bond acceptors (Lipinski definition) is 1. The van der Waals surface area contributed by atoms with Crippen molar-refractivity contribution in [2.45, 2.75) is 58.3 Å². The van der Waals surface area contributed by atoms with Crippen LogP contribution < -0.4 is 0 Å². The Balaban J connectivity index is 2.26. The largest absolute Gasteiger partial charge is 0.294 e. The van der Waals surface area contributed by atoms with E-state index in [1.807, 2.05) is 0 Å². The lowest BCUT2D eigenvalue weighted by Gasteiger charge is -2.04. The molecule has 0 heterocycles. The topological polar surface area (TPSA) is 17.1 Å². The minimum atomic E-state index is 0.0982. The van der Waals surface area contributed by atoms with Gasteiger partial charge in [0.1, 0.15) is 0 Å². The van der Waals surface area contributed by atoms with Gasteiger partial charge in [0.25, 0.3) is 0 Å². The van der Waals surface area contributed by atoms with E-state index in [1.54, 1.807) is 18.2 Å². The molecule has 0 saturated heterocycles. The Kier molecular flexibility index (Phi) is 8.16. The Morgan fingerprint density at radius 3 is 2.32 bits per heavy atom. The van der Waals surface area contributed by atoms with E-state index in [0.29, 0.717) is 22.0 Å². The van der Waals surface area contributed by atoms with Gasteiger partial charge < -0.3 is 0 Å². The van der Waals surface area contributed by atoms with Gasteiger partial charge in [0.2, 0.25) is 0 Å². The van der Waals surface area contributed by atoms with Crippen LogP contribution in [-0.4, -0.2) is 5.78 Å². The standard InChI is InChI=1S/C16H22Cl2O/c1-2-3-4-5-6-7-8-9-16(19)14-12-13(17)10-11-15(14)18/h10-12H,2-9H2,1H3. The number of ketones is 1. The van der Waals surface area contributed by atoms with Crippen molar-refractivity contribution >= 4 is 29.0 Å². The minimum Gasteiger partial charge on any atom is -0.294 e. The van der Waals surface area contributed by atoms with Crippen molar-refractivity contribution in [3.63, 3.8) is 0 Å². The average Bonchev–Trinajstić information content (AvgIpc) is 2.40. The lowest BCUT2D eigenvalue weighted by Crippen LogP contribution is -2.00. The predicted octanol–water partition coefficient (Wildman–Crippen LogP) is 6.32. The van der Waals surface area contributed by atoms with Gasteiger partial charge in [-0.05, 0) is 24.6 Å². The van der Waals surface area contributed by atoms with E-state index >= 15 is 0 Å². The summed E-state index contributed by atoms with van der Waals surface area (Å²) in [5.41, 5.74) is 0.556. The summed E-state index contributed by atoms with van der Waals surface area (Å²) in [6.07, 6.45) is 9.01. The van der Waals surface area contributed by atoms with Crippen molar-refractivity contribution < 1.29 is 4.79 Å². The SMILES string of the molecule is CCCCCCCCCC(=O)c1cc(Cl)ccc1Cl. The number of hydrogen-bond donors (Lipinski definition) is 0. The molecule has 0 N–H and O–H groups in total. The zero-order valence-corrected chi connectivity index (χ0v) is 13.1. The molecule has 0 spiro atoms. The van der Waals surface area contributed by atoms with E-state index in [-0.39, 0.29) is 5.78 Å². The molecule has 0 amide bonds.